The minimum absolute atomic E-state index is 0.497. The summed E-state index contributed by atoms with van der Waals surface area (Å²) in [6, 6.07) is 24.5. The standard InChI is InChI=1S/C28H30N/c1-18(2)24-13-10-14-25-27(24)16-20(4)29(6)28(25)26-17-23(15-19(3)21(26)5)22-11-8-7-9-12-22/h7-18H,1-6H3/q+1. The third-order valence-electron chi connectivity index (χ3n) is 6.26. The van der Waals surface area contributed by atoms with Crippen molar-refractivity contribution in [2.24, 2.45) is 7.05 Å². The second kappa shape index (κ2) is 7.48. The van der Waals surface area contributed by atoms with E-state index in [0.717, 1.165) is 0 Å². The van der Waals surface area contributed by atoms with E-state index in [2.05, 4.69) is 113 Å². The minimum atomic E-state index is 0.497. The lowest BCUT2D eigenvalue weighted by molar-refractivity contribution is -0.665. The summed E-state index contributed by atoms with van der Waals surface area (Å²) >= 11 is 0. The highest BCUT2D eigenvalue weighted by Crippen LogP contribution is 2.36. The molecule has 1 nitrogen and oxygen atoms in total. The van der Waals surface area contributed by atoms with Gasteiger partial charge in [-0.05, 0) is 65.1 Å². The van der Waals surface area contributed by atoms with Crippen LogP contribution in [-0.2, 0) is 7.05 Å². The fourth-order valence-electron chi connectivity index (χ4n) is 4.35. The molecule has 0 atom stereocenters. The van der Waals surface area contributed by atoms with Crippen molar-refractivity contribution in [1.82, 2.24) is 0 Å². The molecular formula is C28H30N+. The Balaban J connectivity index is 2.09. The Morgan fingerprint density at radius 3 is 2.14 bits per heavy atom. The third kappa shape index (κ3) is 3.35. The van der Waals surface area contributed by atoms with Crippen molar-refractivity contribution in [2.45, 2.75) is 40.5 Å². The lowest BCUT2D eigenvalue weighted by Gasteiger charge is -2.16. The Morgan fingerprint density at radius 2 is 1.45 bits per heavy atom. The van der Waals surface area contributed by atoms with E-state index in [-0.39, 0.29) is 0 Å². The van der Waals surface area contributed by atoms with Gasteiger partial charge in [0.1, 0.15) is 7.05 Å². The van der Waals surface area contributed by atoms with Gasteiger partial charge in [-0.3, -0.25) is 0 Å². The van der Waals surface area contributed by atoms with E-state index in [4.69, 9.17) is 0 Å². The molecule has 0 aliphatic carbocycles. The molecule has 0 saturated heterocycles. The number of hydrogen-bond acceptors (Lipinski definition) is 0. The van der Waals surface area contributed by atoms with Crippen molar-refractivity contribution in [3.63, 3.8) is 0 Å². The van der Waals surface area contributed by atoms with E-state index < -0.39 is 0 Å². The maximum Gasteiger partial charge on any atom is 0.220 e. The van der Waals surface area contributed by atoms with Crippen LogP contribution in [0.25, 0.3) is 33.2 Å². The van der Waals surface area contributed by atoms with Crippen molar-refractivity contribution < 1.29 is 4.57 Å². The monoisotopic (exact) mass is 380 g/mol. The summed E-state index contributed by atoms with van der Waals surface area (Å²) in [5, 5.41) is 2.70. The molecule has 0 aliphatic heterocycles. The molecule has 0 fully saturated rings. The molecule has 1 heterocycles. The molecule has 0 unspecified atom stereocenters. The van der Waals surface area contributed by atoms with E-state index in [0.29, 0.717) is 5.92 Å². The number of aromatic nitrogens is 1. The zero-order chi connectivity index (χ0) is 20.7. The van der Waals surface area contributed by atoms with Crippen LogP contribution in [0.3, 0.4) is 0 Å². The highest BCUT2D eigenvalue weighted by atomic mass is 14.9. The predicted molar refractivity (Wildman–Crippen MR) is 124 cm³/mol. The SMILES string of the molecule is Cc1cc(-c2ccccc2)cc(-c2c3cccc(C(C)C)c3cc(C)[n+]2C)c1C. The summed E-state index contributed by atoms with van der Waals surface area (Å²) in [7, 11) is 2.19. The Labute approximate surface area is 174 Å². The number of benzene rings is 3. The van der Waals surface area contributed by atoms with Gasteiger partial charge in [0.15, 0.2) is 5.69 Å². The highest BCUT2D eigenvalue weighted by Gasteiger charge is 2.22. The smallest absolute Gasteiger partial charge is 0.198 e. The van der Waals surface area contributed by atoms with Crippen LogP contribution in [0.15, 0.2) is 66.7 Å². The average molecular weight is 381 g/mol. The first-order valence-electron chi connectivity index (χ1n) is 10.5. The van der Waals surface area contributed by atoms with Gasteiger partial charge in [0, 0.05) is 13.0 Å². The highest BCUT2D eigenvalue weighted by molar-refractivity contribution is 5.97. The molecule has 4 aromatic rings. The summed E-state index contributed by atoms with van der Waals surface area (Å²) in [4.78, 5) is 0. The van der Waals surface area contributed by atoms with Gasteiger partial charge in [0.25, 0.3) is 0 Å². The van der Waals surface area contributed by atoms with Crippen LogP contribution in [0, 0.1) is 20.8 Å². The summed E-state index contributed by atoms with van der Waals surface area (Å²) in [5.74, 6) is 0.497. The third-order valence-corrected chi connectivity index (χ3v) is 6.26. The fourth-order valence-corrected chi connectivity index (χ4v) is 4.35. The summed E-state index contributed by atoms with van der Waals surface area (Å²) in [6.07, 6.45) is 0. The number of hydrogen-bond donors (Lipinski definition) is 0. The van der Waals surface area contributed by atoms with Crippen LogP contribution in [0.5, 0.6) is 0 Å². The molecule has 1 aromatic heterocycles. The van der Waals surface area contributed by atoms with Crippen LogP contribution < -0.4 is 4.57 Å². The van der Waals surface area contributed by atoms with Crippen LogP contribution in [-0.4, -0.2) is 0 Å². The summed E-state index contributed by atoms with van der Waals surface area (Å²) < 4.78 is 2.35. The van der Waals surface area contributed by atoms with Gasteiger partial charge in [-0.2, -0.15) is 4.57 Å². The van der Waals surface area contributed by atoms with Gasteiger partial charge in [0.2, 0.25) is 5.69 Å². The topological polar surface area (TPSA) is 3.88 Å². The predicted octanol–water partition coefficient (Wildman–Crippen LogP) is 7.05. The molecule has 1 heteroatoms. The summed E-state index contributed by atoms with van der Waals surface area (Å²) in [6.45, 7) is 11.2. The summed E-state index contributed by atoms with van der Waals surface area (Å²) in [5.41, 5.74) is 10.5. The maximum absolute atomic E-state index is 2.37. The first-order chi connectivity index (χ1) is 13.9. The van der Waals surface area contributed by atoms with Crippen molar-refractivity contribution >= 4 is 10.8 Å². The lowest BCUT2D eigenvalue weighted by Crippen LogP contribution is -2.35. The van der Waals surface area contributed by atoms with Gasteiger partial charge >= 0.3 is 0 Å². The molecule has 0 bridgehead atoms. The quantitative estimate of drug-likeness (QED) is 0.335. The van der Waals surface area contributed by atoms with Gasteiger partial charge < -0.3 is 0 Å². The Kier molecular flexibility index (Phi) is 5.00. The van der Waals surface area contributed by atoms with Crippen molar-refractivity contribution in [3.05, 3.63) is 89.1 Å². The van der Waals surface area contributed by atoms with Gasteiger partial charge in [-0.1, -0.05) is 62.4 Å². The van der Waals surface area contributed by atoms with E-state index in [9.17, 15) is 0 Å². The van der Waals surface area contributed by atoms with Crippen LogP contribution in [0.4, 0.5) is 0 Å². The lowest BCUT2D eigenvalue weighted by atomic mass is 9.89. The Morgan fingerprint density at radius 1 is 0.724 bits per heavy atom. The first kappa shape index (κ1) is 19.4. The molecule has 0 N–H and O–H groups in total. The molecule has 0 aliphatic rings. The molecular weight excluding hydrogens is 350 g/mol. The zero-order valence-electron chi connectivity index (χ0n) is 18.4. The molecule has 4 rings (SSSR count). The molecule has 3 aromatic carbocycles. The molecule has 0 spiro atoms. The first-order valence-corrected chi connectivity index (χ1v) is 10.5. The van der Waals surface area contributed by atoms with Crippen molar-refractivity contribution in [1.29, 1.82) is 0 Å². The van der Waals surface area contributed by atoms with Gasteiger partial charge in [0.05, 0.1) is 10.9 Å². The molecule has 0 saturated carbocycles. The van der Waals surface area contributed by atoms with E-state index in [1.807, 2.05) is 0 Å². The van der Waals surface area contributed by atoms with Crippen molar-refractivity contribution in [2.75, 3.05) is 0 Å². The Bertz CT molecular complexity index is 1200. The maximum atomic E-state index is 2.37. The van der Waals surface area contributed by atoms with Gasteiger partial charge in [-0.15, -0.1) is 0 Å². The van der Waals surface area contributed by atoms with Gasteiger partial charge in [-0.25, -0.2) is 0 Å². The van der Waals surface area contributed by atoms with Crippen molar-refractivity contribution in [3.8, 4) is 22.4 Å². The normalized spacial score (nSPS) is 11.4. The van der Waals surface area contributed by atoms with Crippen LogP contribution in [0.2, 0.25) is 0 Å². The average Bonchev–Trinajstić information content (AvgIpc) is 2.71. The van der Waals surface area contributed by atoms with E-state index >= 15 is 0 Å². The Hall–Kier alpha value is -2.93. The zero-order valence-corrected chi connectivity index (χ0v) is 18.4. The molecule has 146 valence electrons. The fraction of sp³-hybridized carbons (Fsp3) is 0.250. The minimum Gasteiger partial charge on any atom is -0.198 e. The van der Waals surface area contributed by atoms with E-state index in [1.165, 1.54) is 55.5 Å². The van der Waals surface area contributed by atoms with Crippen LogP contribution >= 0.6 is 0 Å². The second-order valence-electron chi connectivity index (χ2n) is 8.49. The molecule has 29 heavy (non-hydrogen) atoms. The number of fused-ring (bicyclic) bond motifs is 1. The molecule has 0 radical (unpaired) electrons. The second-order valence-corrected chi connectivity index (χ2v) is 8.49. The van der Waals surface area contributed by atoms with Crippen LogP contribution in [0.1, 0.15) is 42.1 Å². The number of aryl methyl sites for hydroxylation is 2. The number of rotatable bonds is 3. The number of pyridine rings is 1. The molecule has 0 amide bonds. The van der Waals surface area contributed by atoms with E-state index in [1.54, 1.807) is 0 Å². The largest absolute Gasteiger partial charge is 0.220 e. The number of nitrogens with zero attached hydrogens (tertiary/aromatic N) is 1.